The van der Waals surface area contributed by atoms with Crippen LogP contribution in [0.3, 0.4) is 0 Å². The maximum absolute atomic E-state index is 12.5. The summed E-state index contributed by atoms with van der Waals surface area (Å²) in [5, 5.41) is 9.67. The molecule has 1 fully saturated rings. The second-order valence-corrected chi connectivity index (χ2v) is 5.38. The molecular weight excluding hydrogens is 254 g/mol. The van der Waals surface area contributed by atoms with Crippen LogP contribution < -0.4 is 16.0 Å². The quantitative estimate of drug-likeness (QED) is 0.762. The Labute approximate surface area is 119 Å². The van der Waals surface area contributed by atoms with Gasteiger partial charge in [-0.2, -0.15) is 0 Å². The highest BCUT2D eigenvalue weighted by atomic mass is 16.5. The number of anilines is 1. The van der Waals surface area contributed by atoms with Crippen LogP contribution in [0.2, 0.25) is 0 Å². The molecule has 3 rings (SSSR count). The van der Waals surface area contributed by atoms with Gasteiger partial charge >= 0.3 is 0 Å². The van der Waals surface area contributed by atoms with E-state index in [1.54, 1.807) is 7.11 Å². The Kier molecular flexibility index (Phi) is 3.89. The topological polar surface area (TPSA) is 62.4 Å². The molecule has 0 bridgehead atoms. The number of hydrogen-bond donors (Lipinski definition) is 3. The van der Waals surface area contributed by atoms with Crippen LogP contribution in [-0.2, 0) is 11.2 Å². The highest BCUT2D eigenvalue weighted by Gasteiger charge is 2.29. The molecule has 20 heavy (non-hydrogen) atoms. The SMILES string of the molecule is CO[C@H]1CNC[C@@H]1NC(=O)c1cccc2c1NCCC2. The van der Waals surface area contributed by atoms with Gasteiger partial charge in [0.05, 0.1) is 23.4 Å². The third-order valence-electron chi connectivity index (χ3n) is 4.10. The van der Waals surface area contributed by atoms with Crippen LogP contribution in [0.5, 0.6) is 0 Å². The minimum Gasteiger partial charge on any atom is -0.384 e. The van der Waals surface area contributed by atoms with Crippen molar-refractivity contribution in [2.45, 2.75) is 25.0 Å². The Hall–Kier alpha value is -1.59. The summed E-state index contributed by atoms with van der Waals surface area (Å²) in [6, 6.07) is 5.97. The molecule has 0 radical (unpaired) electrons. The fourth-order valence-electron chi connectivity index (χ4n) is 2.99. The van der Waals surface area contributed by atoms with Crippen LogP contribution in [0.15, 0.2) is 18.2 Å². The van der Waals surface area contributed by atoms with E-state index in [0.717, 1.165) is 43.7 Å². The second kappa shape index (κ2) is 5.81. The third-order valence-corrected chi connectivity index (χ3v) is 4.10. The normalized spacial score (nSPS) is 24.9. The highest BCUT2D eigenvalue weighted by molar-refractivity contribution is 6.00. The summed E-state index contributed by atoms with van der Waals surface area (Å²) in [6.07, 6.45) is 2.21. The molecule has 2 heterocycles. The molecule has 0 spiro atoms. The molecule has 2 aliphatic heterocycles. The summed E-state index contributed by atoms with van der Waals surface area (Å²) in [7, 11) is 1.68. The van der Waals surface area contributed by atoms with E-state index in [9.17, 15) is 4.79 Å². The zero-order chi connectivity index (χ0) is 13.9. The van der Waals surface area contributed by atoms with E-state index in [0.29, 0.717) is 0 Å². The number of nitrogens with one attached hydrogen (secondary N) is 3. The van der Waals surface area contributed by atoms with Crippen LogP contribution in [0, 0.1) is 0 Å². The summed E-state index contributed by atoms with van der Waals surface area (Å²) in [6.45, 7) is 2.47. The van der Waals surface area contributed by atoms with Gasteiger partial charge in [0.1, 0.15) is 0 Å². The summed E-state index contributed by atoms with van der Waals surface area (Å²) >= 11 is 0. The first-order valence-corrected chi connectivity index (χ1v) is 7.19. The molecule has 1 amide bonds. The number of para-hydroxylation sites is 1. The summed E-state index contributed by atoms with van der Waals surface area (Å²) in [4.78, 5) is 12.5. The number of carbonyl (C=O) groups excluding carboxylic acids is 1. The van der Waals surface area contributed by atoms with Crippen molar-refractivity contribution in [1.29, 1.82) is 0 Å². The van der Waals surface area contributed by atoms with Crippen molar-refractivity contribution in [3.63, 3.8) is 0 Å². The Bertz CT molecular complexity index is 504. The number of fused-ring (bicyclic) bond motifs is 1. The van der Waals surface area contributed by atoms with Gasteiger partial charge in [0.2, 0.25) is 0 Å². The van der Waals surface area contributed by atoms with E-state index in [1.807, 2.05) is 12.1 Å². The van der Waals surface area contributed by atoms with E-state index in [2.05, 4.69) is 22.0 Å². The zero-order valence-corrected chi connectivity index (χ0v) is 11.7. The number of hydrogen-bond acceptors (Lipinski definition) is 4. The minimum absolute atomic E-state index is 0.0213. The van der Waals surface area contributed by atoms with Gasteiger partial charge in [0.15, 0.2) is 0 Å². The smallest absolute Gasteiger partial charge is 0.253 e. The van der Waals surface area contributed by atoms with Crippen molar-refractivity contribution in [3.8, 4) is 0 Å². The lowest BCUT2D eigenvalue weighted by Gasteiger charge is -2.23. The van der Waals surface area contributed by atoms with Crippen LogP contribution in [0.4, 0.5) is 5.69 Å². The van der Waals surface area contributed by atoms with Gasteiger partial charge in [-0.3, -0.25) is 4.79 Å². The Morgan fingerprint density at radius 2 is 2.30 bits per heavy atom. The molecule has 2 aliphatic rings. The molecule has 0 aromatic heterocycles. The van der Waals surface area contributed by atoms with Gasteiger partial charge in [0.25, 0.3) is 5.91 Å². The molecule has 0 unspecified atom stereocenters. The fraction of sp³-hybridized carbons (Fsp3) is 0.533. The number of amides is 1. The molecule has 5 nitrogen and oxygen atoms in total. The van der Waals surface area contributed by atoms with Gasteiger partial charge < -0.3 is 20.7 Å². The Morgan fingerprint density at radius 1 is 1.40 bits per heavy atom. The standard InChI is InChI=1S/C15H21N3O2/c1-20-13-9-16-8-12(13)18-15(19)11-6-2-4-10-5-3-7-17-14(10)11/h2,4,6,12-13,16-17H,3,5,7-9H2,1H3,(H,18,19)/t12-,13-/m0/s1. The van der Waals surface area contributed by atoms with Gasteiger partial charge in [-0.15, -0.1) is 0 Å². The fourth-order valence-corrected chi connectivity index (χ4v) is 2.99. The number of benzene rings is 1. The average Bonchev–Trinajstić information content (AvgIpc) is 2.93. The third kappa shape index (κ3) is 2.51. The molecule has 5 heteroatoms. The van der Waals surface area contributed by atoms with Gasteiger partial charge in [-0.1, -0.05) is 12.1 Å². The van der Waals surface area contributed by atoms with Crippen molar-refractivity contribution >= 4 is 11.6 Å². The van der Waals surface area contributed by atoms with Crippen LogP contribution in [0.25, 0.3) is 0 Å². The Morgan fingerprint density at radius 3 is 3.15 bits per heavy atom. The predicted octanol–water partition coefficient (Wildman–Crippen LogP) is 0.761. The van der Waals surface area contributed by atoms with E-state index >= 15 is 0 Å². The van der Waals surface area contributed by atoms with Gasteiger partial charge in [-0.25, -0.2) is 0 Å². The Balaban J connectivity index is 1.77. The lowest BCUT2D eigenvalue weighted by molar-refractivity contribution is 0.0780. The first-order chi connectivity index (χ1) is 9.79. The molecule has 1 aromatic carbocycles. The average molecular weight is 275 g/mol. The number of ether oxygens (including phenoxy) is 1. The first-order valence-electron chi connectivity index (χ1n) is 7.19. The summed E-state index contributed by atoms with van der Waals surface area (Å²) < 4.78 is 5.38. The summed E-state index contributed by atoms with van der Waals surface area (Å²) in [5.41, 5.74) is 2.97. The molecule has 0 saturated carbocycles. The van der Waals surface area contributed by atoms with E-state index in [-0.39, 0.29) is 18.1 Å². The maximum atomic E-state index is 12.5. The molecule has 1 aromatic rings. The van der Waals surface area contributed by atoms with Crippen molar-refractivity contribution in [2.24, 2.45) is 0 Å². The van der Waals surface area contributed by atoms with E-state index < -0.39 is 0 Å². The molecule has 0 aliphatic carbocycles. The second-order valence-electron chi connectivity index (χ2n) is 5.38. The van der Waals surface area contributed by atoms with E-state index in [4.69, 9.17) is 4.74 Å². The lowest BCUT2D eigenvalue weighted by atomic mass is 9.99. The molecule has 108 valence electrons. The number of carbonyl (C=O) groups is 1. The lowest BCUT2D eigenvalue weighted by Crippen LogP contribution is -2.43. The largest absolute Gasteiger partial charge is 0.384 e. The predicted molar refractivity (Wildman–Crippen MR) is 78.2 cm³/mol. The number of rotatable bonds is 3. The van der Waals surface area contributed by atoms with Gasteiger partial charge in [-0.05, 0) is 24.5 Å². The molecule has 3 N–H and O–H groups in total. The van der Waals surface area contributed by atoms with E-state index in [1.165, 1.54) is 5.56 Å². The van der Waals surface area contributed by atoms with Crippen molar-refractivity contribution in [2.75, 3.05) is 32.1 Å². The number of aryl methyl sites for hydroxylation is 1. The summed E-state index contributed by atoms with van der Waals surface area (Å²) in [5.74, 6) is -0.0213. The minimum atomic E-state index is -0.0213. The number of methoxy groups -OCH3 is 1. The van der Waals surface area contributed by atoms with Crippen molar-refractivity contribution in [3.05, 3.63) is 29.3 Å². The van der Waals surface area contributed by atoms with Crippen LogP contribution in [0.1, 0.15) is 22.3 Å². The van der Waals surface area contributed by atoms with Crippen LogP contribution in [-0.4, -0.2) is 44.8 Å². The van der Waals surface area contributed by atoms with Crippen LogP contribution >= 0.6 is 0 Å². The maximum Gasteiger partial charge on any atom is 0.253 e. The highest BCUT2D eigenvalue weighted by Crippen LogP contribution is 2.26. The van der Waals surface area contributed by atoms with Gasteiger partial charge in [0, 0.05) is 26.7 Å². The molecule has 2 atom stereocenters. The molecular formula is C15H21N3O2. The first kappa shape index (κ1) is 13.4. The van der Waals surface area contributed by atoms with Crippen molar-refractivity contribution < 1.29 is 9.53 Å². The monoisotopic (exact) mass is 275 g/mol. The van der Waals surface area contributed by atoms with Crippen molar-refractivity contribution in [1.82, 2.24) is 10.6 Å². The molecule has 1 saturated heterocycles. The zero-order valence-electron chi connectivity index (χ0n) is 11.7.